The van der Waals surface area contributed by atoms with E-state index >= 15 is 0 Å². The number of hydrogen-bond acceptors (Lipinski definition) is 7. The van der Waals surface area contributed by atoms with Crippen LogP contribution in [-0.4, -0.2) is 41.4 Å². The van der Waals surface area contributed by atoms with Crippen LogP contribution >= 0.6 is 0 Å². The number of nitrogens with one attached hydrogen (secondary N) is 2. The number of aryl methyl sites for hydroxylation is 1. The number of sulfonamides is 1. The van der Waals surface area contributed by atoms with Crippen LogP contribution in [0.1, 0.15) is 5.56 Å². The van der Waals surface area contributed by atoms with Gasteiger partial charge < -0.3 is 15.7 Å². The minimum atomic E-state index is -3.70. The Balaban J connectivity index is 1.83. The Morgan fingerprint density at radius 2 is 1.96 bits per heavy atom. The molecular formula is C16H20N6O3S. The third kappa shape index (κ3) is 3.93. The van der Waals surface area contributed by atoms with Crippen molar-refractivity contribution in [2.45, 2.75) is 11.4 Å². The van der Waals surface area contributed by atoms with Crippen molar-refractivity contribution in [1.82, 2.24) is 14.8 Å². The quantitative estimate of drug-likeness (QED) is 0.475. The third-order valence-corrected chi connectivity index (χ3v) is 4.79. The highest BCUT2D eigenvalue weighted by Gasteiger charge is 2.10. The fraction of sp³-hybridized carbons (Fsp3) is 0.250. The van der Waals surface area contributed by atoms with E-state index in [1.54, 1.807) is 30.1 Å². The van der Waals surface area contributed by atoms with Crippen molar-refractivity contribution in [1.29, 1.82) is 0 Å². The molecule has 2 heterocycles. The summed E-state index contributed by atoms with van der Waals surface area (Å²) >= 11 is 0. The zero-order valence-electron chi connectivity index (χ0n) is 14.2. The number of benzene rings is 1. The Morgan fingerprint density at radius 1 is 1.23 bits per heavy atom. The van der Waals surface area contributed by atoms with Gasteiger partial charge in [-0.15, -0.1) is 0 Å². The number of anilines is 2. The summed E-state index contributed by atoms with van der Waals surface area (Å²) < 4.78 is 24.3. The van der Waals surface area contributed by atoms with Gasteiger partial charge in [0.2, 0.25) is 10.0 Å². The van der Waals surface area contributed by atoms with Crippen molar-refractivity contribution in [2.75, 3.05) is 23.8 Å². The zero-order valence-corrected chi connectivity index (χ0v) is 15.0. The van der Waals surface area contributed by atoms with Crippen LogP contribution in [0.15, 0.2) is 41.4 Å². The van der Waals surface area contributed by atoms with Gasteiger partial charge in [0.25, 0.3) is 0 Å². The van der Waals surface area contributed by atoms with Gasteiger partial charge >= 0.3 is 0 Å². The molecule has 5 N–H and O–H groups in total. The molecule has 26 heavy (non-hydrogen) atoms. The Hall–Kier alpha value is -2.69. The van der Waals surface area contributed by atoms with Crippen LogP contribution in [0.25, 0.3) is 11.0 Å². The SMILES string of the molecule is Cn1ncc2c(NCc3ccc(S(N)(=O)=O)cc3)cc(NCCO)nc21. The molecule has 0 radical (unpaired) electrons. The van der Waals surface area contributed by atoms with E-state index in [1.807, 2.05) is 6.07 Å². The molecule has 10 heteroatoms. The van der Waals surface area contributed by atoms with Crippen LogP contribution in [0.3, 0.4) is 0 Å². The molecule has 0 amide bonds. The largest absolute Gasteiger partial charge is 0.395 e. The van der Waals surface area contributed by atoms with E-state index < -0.39 is 10.0 Å². The molecule has 0 atom stereocenters. The molecule has 0 fully saturated rings. The van der Waals surface area contributed by atoms with Crippen molar-refractivity contribution >= 4 is 32.6 Å². The van der Waals surface area contributed by atoms with Crippen LogP contribution in [-0.2, 0) is 23.6 Å². The van der Waals surface area contributed by atoms with Crippen LogP contribution in [0.2, 0.25) is 0 Å². The van der Waals surface area contributed by atoms with Gasteiger partial charge in [-0.1, -0.05) is 12.1 Å². The fourth-order valence-corrected chi connectivity index (χ4v) is 3.04. The molecule has 0 bridgehead atoms. The fourth-order valence-electron chi connectivity index (χ4n) is 2.53. The first kappa shape index (κ1) is 18.1. The number of hydrogen-bond donors (Lipinski definition) is 4. The summed E-state index contributed by atoms with van der Waals surface area (Å²) in [6.45, 7) is 0.882. The van der Waals surface area contributed by atoms with Crippen molar-refractivity contribution < 1.29 is 13.5 Å². The maximum atomic E-state index is 11.3. The van der Waals surface area contributed by atoms with E-state index in [0.717, 1.165) is 16.6 Å². The van der Waals surface area contributed by atoms with Crippen molar-refractivity contribution in [3.05, 3.63) is 42.1 Å². The molecule has 0 aliphatic heterocycles. The summed E-state index contributed by atoms with van der Waals surface area (Å²) in [5.41, 5.74) is 2.44. The lowest BCUT2D eigenvalue weighted by molar-refractivity contribution is 0.311. The highest BCUT2D eigenvalue weighted by atomic mass is 32.2. The highest BCUT2D eigenvalue weighted by Crippen LogP contribution is 2.25. The summed E-state index contributed by atoms with van der Waals surface area (Å²) in [5, 5.41) is 25.5. The van der Waals surface area contributed by atoms with Crippen molar-refractivity contribution in [2.24, 2.45) is 12.2 Å². The molecule has 0 saturated heterocycles. The number of nitrogens with two attached hydrogens (primary N) is 1. The average molecular weight is 376 g/mol. The van der Waals surface area contributed by atoms with E-state index in [4.69, 9.17) is 10.2 Å². The number of nitrogens with zero attached hydrogens (tertiary/aromatic N) is 3. The Bertz CT molecular complexity index is 1010. The summed E-state index contributed by atoms with van der Waals surface area (Å²) in [4.78, 5) is 4.56. The predicted octanol–water partition coefficient (Wildman–Crippen LogP) is 0.632. The number of fused-ring (bicyclic) bond motifs is 1. The lowest BCUT2D eigenvalue weighted by Crippen LogP contribution is -2.12. The molecule has 9 nitrogen and oxygen atoms in total. The van der Waals surface area contributed by atoms with E-state index in [-0.39, 0.29) is 11.5 Å². The smallest absolute Gasteiger partial charge is 0.238 e. The number of aliphatic hydroxyl groups excluding tert-OH is 1. The van der Waals surface area contributed by atoms with Gasteiger partial charge in [0.15, 0.2) is 5.65 Å². The third-order valence-electron chi connectivity index (χ3n) is 3.86. The first-order chi connectivity index (χ1) is 12.4. The number of pyridine rings is 1. The average Bonchev–Trinajstić information content (AvgIpc) is 2.99. The minimum absolute atomic E-state index is 0.00423. The molecule has 138 valence electrons. The first-order valence-electron chi connectivity index (χ1n) is 7.91. The van der Waals surface area contributed by atoms with Crippen molar-refractivity contribution in [3.8, 4) is 0 Å². The molecule has 3 rings (SSSR count). The number of aliphatic hydroxyl groups is 1. The normalized spacial score (nSPS) is 11.7. The van der Waals surface area contributed by atoms with Crippen LogP contribution in [0.5, 0.6) is 0 Å². The standard InChI is InChI=1S/C16H20N6O3S/c1-22-16-13(10-20-22)14(8-15(21-16)18-6-7-23)19-9-11-2-4-12(5-3-11)26(17,24)25/h2-5,8,10,23H,6-7,9H2,1H3,(H2,17,24,25)(H2,18,19,21). The number of primary sulfonamides is 1. The Kier molecular flexibility index (Phi) is 5.07. The molecule has 3 aromatic rings. The molecule has 0 unspecified atom stereocenters. The van der Waals surface area contributed by atoms with Crippen LogP contribution < -0.4 is 15.8 Å². The summed E-state index contributed by atoms with van der Waals surface area (Å²) in [5.74, 6) is 0.627. The molecular weight excluding hydrogens is 356 g/mol. The van der Waals surface area contributed by atoms with Crippen molar-refractivity contribution in [3.63, 3.8) is 0 Å². The van der Waals surface area contributed by atoms with Gasteiger partial charge in [0.05, 0.1) is 28.8 Å². The maximum Gasteiger partial charge on any atom is 0.238 e. The summed E-state index contributed by atoms with van der Waals surface area (Å²) in [6.07, 6.45) is 1.73. The van der Waals surface area contributed by atoms with Gasteiger partial charge in [-0.2, -0.15) is 5.10 Å². The molecule has 1 aromatic carbocycles. The summed E-state index contributed by atoms with van der Waals surface area (Å²) in [7, 11) is -1.89. The van der Waals surface area contributed by atoms with E-state index in [0.29, 0.717) is 24.6 Å². The van der Waals surface area contributed by atoms with Gasteiger partial charge in [0, 0.05) is 26.2 Å². The van der Waals surface area contributed by atoms with E-state index in [1.165, 1.54) is 12.1 Å². The van der Waals surface area contributed by atoms with Crippen LogP contribution in [0, 0.1) is 0 Å². The molecule has 0 saturated carbocycles. The topological polar surface area (TPSA) is 135 Å². The molecule has 0 spiro atoms. The molecule has 0 aliphatic rings. The second-order valence-electron chi connectivity index (χ2n) is 5.75. The molecule has 0 aliphatic carbocycles. The minimum Gasteiger partial charge on any atom is -0.395 e. The molecule has 2 aromatic heterocycles. The maximum absolute atomic E-state index is 11.3. The second kappa shape index (κ2) is 7.28. The Labute approximate surface area is 150 Å². The van der Waals surface area contributed by atoms with Crippen LogP contribution in [0.4, 0.5) is 11.5 Å². The van der Waals surface area contributed by atoms with Gasteiger partial charge in [-0.3, -0.25) is 4.68 Å². The van der Waals surface area contributed by atoms with E-state index in [2.05, 4.69) is 20.7 Å². The highest BCUT2D eigenvalue weighted by molar-refractivity contribution is 7.89. The van der Waals surface area contributed by atoms with Gasteiger partial charge in [-0.25, -0.2) is 18.5 Å². The van der Waals surface area contributed by atoms with E-state index in [9.17, 15) is 8.42 Å². The van der Waals surface area contributed by atoms with Gasteiger partial charge in [-0.05, 0) is 17.7 Å². The summed E-state index contributed by atoms with van der Waals surface area (Å²) in [6, 6.07) is 8.22. The zero-order chi connectivity index (χ0) is 18.7. The van der Waals surface area contributed by atoms with Gasteiger partial charge in [0.1, 0.15) is 5.82 Å². The number of rotatable bonds is 7. The lowest BCUT2D eigenvalue weighted by Gasteiger charge is -2.11. The predicted molar refractivity (Wildman–Crippen MR) is 99.2 cm³/mol. The lowest BCUT2D eigenvalue weighted by atomic mass is 10.2. The monoisotopic (exact) mass is 376 g/mol. The first-order valence-corrected chi connectivity index (χ1v) is 9.46. The Morgan fingerprint density at radius 3 is 2.62 bits per heavy atom. The number of aromatic nitrogens is 3. The second-order valence-corrected chi connectivity index (χ2v) is 7.31.